The fourth-order valence-corrected chi connectivity index (χ4v) is 4.96. The molecule has 1 aromatic carbocycles. The first-order chi connectivity index (χ1) is 17.6. The van der Waals surface area contributed by atoms with Gasteiger partial charge in [-0.3, -0.25) is 19.4 Å². The number of hydrogen-bond acceptors (Lipinski definition) is 9. The lowest BCUT2D eigenvalue weighted by Crippen LogP contribution is -2.48. The predicted molar refractivity (Wildman–Crippen MR) is 135 cm³/mol. The second kappa shape index (κ2) is 11.1. The number of ketones is 2. The molecule has 1 aliphatic heterocycles. The average Bonchev–Trinajstić information content (AvgIpc) is 3.38. The standard InChI is InChI=1S/C26H31N7O3/c34-12-11-33-9-7-32(8-10-33)6-5-27-15-21-22(35)13-20(14-23(21)36)18-1-3-19(4-2-18)24-25-26(30-16-28-24)31-17-29-25/h1-4,15-17,20,27,34H,5-14H2,(H,28,29,30,31). The fourth-order valence-electron chi connectivity index (χ4n) is 4.96. The van der Waals surface area contributed by atoms with Crippen LogP contribution in [0.3, 0.4) is 0 Å². The number of allylic oxidation sites excluding steroid dienone is 1. The van der Waals surface area contributed by atoms with Gasteiger partial charge in [0.25, 0.3) is 0 Å². The number of β-amino-alcohol motifs (C(OH)–C–C–N with tert-alkyl or cyclic N) is 1. The van der Waals surface area contributed by atoms with Gasteiger partial charge in [0.2, 0.25) is 0 Å². The lowest BCUT2D eigenvalue weighted by molar-refractivity contribution is -0.124. The van der Waals surface area contributed by atoms with Gasteiger partial charge in [-0.25, -0.2) is 15.0 Å². The number of H-pyrrole nitrogens is 1. The third-order valence-electron chi connectivity index (χ3n) is 7.04. The highest BCUT2D eigenvalue weighted by Crippen LogP contribution is 2.33. The fraction of sp³-hybridized carbons (Fsp3) is 0.423. The van der Waals surface area contributed by atoms with Crippen LogP contribution in [-0.4, -0.2) is 98.8 Å². The number of hydrogen-bond donors (Lipinski definition) is 3. The summed E-state index contributed by atoms with van der Waals surface area (Å²) >= 11 is 0. The average molecular weight is 490 g/mol. The smallest absolute Gasteiger partial charge is 0.168 e. The number of aromatic amines is 1. The van der Waals surface area contributed by atoms with Crippen LogP contribution in [0.15, 0.2) is 48.7 Å². The second-order valence-electron chi connectivity index (χ2n) is 9.31. The van der Waals surface area contributed by atoms with Gasteiger partial charge in [0.15, 0.2) is 17.2 Å². The number of imidazole rings is 1. The van der Waals surface area contributed by atoms with Gasteiger partial charge < -0.3 is 15.4 Å². The Hall–Kier alpha value is -3.47. The largest absolute Gasteiger partial charge is 0.395 e. The third-order valence-corrected chi connectivity index (χ3v) is 7.04. The van der Waals surface area contributed by atoms with E-state index >= 15 is 0 Å². The molecular weight excluding hydrogens is 458 g/mol. The molecule has 2 fully saturated rings. The van der Waals surface area contributed by atoms with Crippen LogP contribution in [0.25, 0.3) is 22.4 Å². The quantitative estimate of drug-likeness (QED) is 0.242. The van der Waals surface area contributed by atoms with Gasteiger partial charge in [-0.1, -0.05) is 24.3 Å². The highest BCUT2D eigenvalue weighted by atomic mass is 16.3. The molecule has 10 heteroatoms. The van der Waals surface area contributed by atoms with Gasteiger partial charge in [0.05, 0.1) is 18.5 Å². The Morgan fingerprint density at radius 2 is 1.67 bits per heavy atom. The van der Waals surface area contributed by atoms with Gasteiger partial charge >= 0.3 is 0 Å². The van der Waals surface area contributed by atoms with E-state index in [2.05, 4.69) is 35.1 Å². The van der Waals surface area contributed by atoms with Crippen molar-refractivity contribution in [2.45, 2.75) is 18.8 Å². The van der Waals surface area contributed by atoms with Crippen molar-refractivity contribution in [1.29, 1.82) is 0 Å². The molecule has 0 unspecified atom stereocenters. The van der Waals surface area contributed by atoms with Gasteiger partial charge in [-0.15, -0.1) is 0 Å². The van der Waals surface area contributed by atoms with Crippen molar-refractivity contribution in [3.05, 3.63) is 54.3 Å². The summed E-state index contributed by atoms with van der Waals surface area (Å²) in [4.78, 5) is 46.0. The lowest BCUT2D eigenvalue weighted by atomic mass is 9.80. The van der Waals surface area contributed by atoms with Crippen molar-refractivity contribution in [2.24, 2.45) is 0 Å². The molecule has 1 aliphatic carbocycles. The molecule has 2 aliphatic rings. The molecule has 0 amide bonds. The van der Waals surface area contributed by atoms with Gasteiger partial charge in [0.1, 0.15) is 17.5 Å². The minimum atomic E-state index is -0.123. The number of rotatable bonds is 8. The van der Waals surface area contributed by atoms with Gasteiger partial charge in [-0.2, -0.15) is 0 Å². The number of carbonyl (C=O) groups is 2. The molecule has 188 valence electrons. The molecule has 0 atom stereocenters. The van der Waals surface area contributed by atoms with Gasteiger partial charge in [-0.05, 0) is 11.5 Å². The van der Waals surface area contributed by atoms with Crippen LogP contribution in [-0.2, 0) is 9.59 Å². The predicted octanol–water partition coefficient (Wildman–Crippen LogP) is 1.12. The molecule has 1 saturated carbocycles. The van der Waals surface area contributed by atoms with Crippen molar-refractivity contribution in [1.82, 2.24) is 35.1 Å². The molecule has 5 rings (SSSR count). The minimum absolute atomic E-state index is 0.112. The summed E-state index contributed by atoms with van der Waals surface area (Å²) in [6.07, 6.45) is 5.35. The second-order valence-corrected chi connectivity index (χ2v) is 9.31. The molecule has 3 heterocycles. The minimum Gasteiger partial charge on any atom is -0.395 e. The Kier molecular flexibility index (Phi) is 7.45. The van der Waals surface area contributed by atoms with E-state index in [0.717, 1.165) is 56.1 Å². The van der Waals surface area contributed by atoms with E-state index in [1.807, 2.05) is 24.3 Å². The number of benzene rings is 1. The van der Waals surface area contributed by atoms with Crippen molar-refractivity contribution in [3.63, 3.8) is 0 Å². The number of fused-ring (bicyclic) bond motifs is 1. The lowest BCUT2D eigenvalue weighted by Gasteiger charge is -2.34. The number of aromatic nitrogens is 4. The van der Waals surface area contributed by atoms with E-state index in [1.165, 1.54) is 6.33 Å². The summed E-state index contributed by atoms with van der Waals surface area (Å²) in [6, 6.07) is 7.84. The zero-order valence-corrected chi connectivity index (χ0v) is 20.2. The van der Waals surface area contributed by atoms with Crippen molar-refractivity contribution in [2.75, 3.05) is 52.4 Å². The van der Waals surface area contributed by atoms with Crippen molar-refractivity contribution < 1.29 is 14.7 Å². The number of aliphatic hydroxyl groups excluding tert-OH is 1. The van der Waals surface area contributed by atoms with E-state index in [-0.39, 0.29) is 29.7 Å². The molecule has 0 bridgehead atoms. The summed E-state index contributed by atoms with van der Waals surface area (Å²) < 4.78 is 0. The first-order valence-electron chi connectivity index (χ1n) is 12.4. The molecule has 0 spiro atoms. The van der Waals surface area contributed by atoms with Crippen LogP contribution < -0.4 is 5.32 Å². The Bertz CT molecular complexity index is 1230. The maximum absolute atomic E-state index is 12.8. The van der Waals surface area contributed by atoms with E-state index in [1.54, 1.807) is 12.5 Å². The molecule has 3 N–H and O–H groups in total. The molecule has 0 radical (unpaired) electrons. The number of Topliss-reactive ketones (excluding diaryl/α,β-unsaturated/α-hetero) is 2. The van der Waals surface area contributed by atoms with Crippen LogP contribution in [0.1, 0.15) is 24.3 Å². The summed E-state index contributed by atoms with van der Waals surface area (Å²) in [7, 11) is 0. The monoisotopic (exact) mass is 489 g/mol. The highest BCUT2D eigenvalue weighted by molar-refractivity contribution is 6.22. The Labute approximate surface area is 209 Å². The molecule has 3 aromatic rings. The normalized spacial score (nSPS) is 19.7. The summed E-state index contributed by atoms with van der Waals surface area (Å²) in [5.74, 6) is -0.346. The third kappa shape index (κ3) is 5.35. The van der Waals surface area contributed by atoms with Crippen LogP contribution in [0, 0.1) is 0 Å². The van der Waals surface area contributed by atoms with Crippen molar-refractivity contribution in [3.8, 4) is 11.3 Å². The summed E-state index contributed by atoms with van der Waals surface area (Å²) in [5, 5.41) is 12.2. The zero-order valence-electron chi connectivity index (χ0n) is 20.2. The molecule has 10 nitrogen and oxygen atoms in total. The molecule has 1 saturated heterocycles. The number of nitrogens with one attached hydrogen (secondary N) is 2. The maximum Gasteiger partial charge on any atom is 0.168 e. The number of nitrogens with zero attached hydrogens (tertiary/aromatic N) is 5. The molecule has 36 heavy (non-hydrogen) atoms. The zero-order chi connectivity index (χ0) is 24.9. The first kappa shape index (κ1) is 24.2. The van der Waals surface area contributed by atoms with E-state index in [9.17, 15) is 9.59 Å². The van der Waals surface area contributed by atoms with Crippen molar-refractivity contribution >= 4 is 22.7 Å². The van der Waals surface area contributed by atoms with E-state index in [4.69, 9.17) is 5.11 Å². The van der Waals surface area contributed by atoms with Gasteiger partial charge in [0, 0.05) is 70.4 Å². The van der Waals surface area contributed by atoms with E-state index < -0.39 is 0 Å². The number of aliphatic hydroxyl groups is 1. The summed E-state index contributed by atoms with van der Waals surface area (Å²) in [5.41, 5.74) is 4.29. The highest BCUT2D eigenvalue weighted by Gasteiger charge is 2.31. The SMILES string of the molecule is O=C1CC(c2ccc(-c3ncnc4[nH]cnc34)cc2)CC(=O)C1=CNCCN1CCN(CCO)CC1. The number of carbonyl (C=O) groups excluding carboxylic acids is 2. The van der Waals surface area contributed by atoms with Crippen LogP contribution in [0.2, 0.25) is 0 Å². The Balaban J connectivity index is 1.15. The van der Waals surface area contributed by atoms with Crippen LogP contribution in [0.4, 0.5) is 0 Å². The topological polar surface area (TPSA) is 127 Å². The van der Waals surface area contributed by atoms with Crippen LogP contribution >= 0.6 is 0 Å². The Morgan fingerprint density at radius 1 is 0.972 bits per heavy atom. The van der Waals surface area contributed by atoms with Crippen LogP contribution in [0.5, 0.6) is 0 Å². The van der Waals surface area contributed by atoms with E-state index in [0.29, 0.717) is 30.6 Å². The molecule has 2 aromatic heterocycles. The number of piperazine rings is 1. The molecular formula is C26H31N7O3. The Morgan fingerprint density at radius 3 is 2.36 bits per heavy atom. The summed E-state index contributed by atoms with van der Waals surface area (Å²) in [6.45, 7) is 6.28. The first-order valence-corrected chi connectivity index (χ1v) is 12.4. The maximum atomic E-state index is 12.8.